The van der Waals surface area contributed by atoms with Crippen LogP contribution in [0.2, 0.25) is 10.0 Å². The molecule has 184 valence electrons. The Kier molecular flexibility index (Phi) is 8.12. The highest BCUT2D eigenvalue weighted by Crippen LogP contribution is 2.36. The first-order valence-corrected chi connectivity index (χ1v) is 12.4. The maximum absolute atomic E-state index is 12.5. The van der Waals surface area contributed by atoms with Crippen LogP contribution in [0.4, 0.5) is 5.69 Å². The summed E-state index contributed by atoms with van der Waals surface area (Å²) >= 11 is 14.2. The predicted molar refractivity (Wildman–Crippen MR) is 145 cm³/mol. The second kappa shape index (κ2) is 11.3. The van der Waals surface area contributed by atoms with E-state index < -0.39 is 10.9 Å². The van der Waals surface area contributed by atoms with E-state index in [-0.39, 0.29) is 27.9 Å². The van der Waals surface area contributed by atoms with Crippen molar-refractivity contribution in [1.29, 1.82) is 0 Å². The van der Waals surface area contributed by atoms with E-state index in [0.29, 0.717) is 35.3 Å². The molecule has 1 aliphatic rings. The van der Waals surface area contributed by atoms with Gasteiger partial charge in [0.2, 0.25) is 5.90 Å². The molecule has 36 heavy (non-hydrogen) atoms. The van der Waals surface area contributed by atoms with Crippen LogP contribution in [0.25, 0.3) is 6.08 Å². The maximum atomic E-state index is 12.5. The molecule has 0 fully saturated rings. The van der Waals surface area contributed by atoms with Crippen LogP contribution in [0, 0.1) is 13.7 Å². The summed E-state index contributed by atoms with van der Waals surface area (Å²) in [5, 5.41) is 11.9. The minimum atomic E-state index is -0.705. The molecular weight excluding hydrogens is 622 g/mol. The van der Waals surface area contributed by atoms with Crippen LogP contribution in [-0.2, 0) is 16.1 Å². The Labute approximate surface area is 229 Å². The maximum Gasteiger partial charge on any atom is 0.363 e. The first-order chi connectivity index (χ1) is 17.2. The molecule has 8 nitrogen and oxygen atoms in total. The van der Waals surface area contributed by atoms with E-state index in [4.69, 9.17) is 37.4 Å². The van der Waals surface area contributed by atoms with Crippen LogP contribution in [0.15, 0.2) is 65.3 Å². The van der Waals surface area contributed by atoms with Crippen LogP contribution < -0.4 is 9.47 Å². The lowest BCUT2D eigenvalue weighted by Gasteiger charge is -2.15. The van der Waals surface area contributed by atoms with Crippen LogP contribution in [0.1, 0.15) is 23.6 Å². The van der Waals surface area contributed by atoms with Gasteiger partial charge in [-0.1, -0.05) is 35.3 Å². The Balaban J connectivity index is 1.63. The van der Waals surface area contributed by atoms with Crippen LogP contribution in [-0.4, -0.2) is 23.4 Å². The molecule has 3 aromatic rings. The summed E-state index contributed by atoms with van der Waals surface area (Å²) in [5.41, 5.74) is 1.54. The summed E-state index contributed by atoms with van der Waals surface area (Å²) in [6.07, 6.45) is 1.54. The SMILES string of the molecule is CCOc1cc(/C=C2\N=C(c3cc([N+](=O)[O-])ccc3Cl)OC2=O)cc(I)c1OCc1ccc(Cl)cc1. The molecule has 0 aromatic heterocycles. The Morgan fingerprint density at radius 3 is 2.56 bits per heavy atom. The van der Waals surface area contributed by atoms with Crippen LogP contribution in [0.5, 0.6) is 11.5 Å². The highest BCUT2D eigenvalue weighted by atomic mass is 127. The Bertz CT molecular complexity index is 1410. The summed E-state index contributed by atoms with van der Waals surface area (Å²) < 4.78 is 17.8. The quantitative estimate of drug-likeness (QED) is 0.0882. The van der Waals surface area contributed by atoms with Crippen molar-refractivity contribution in [2.45, 2.75) is 13.5 Å². The van der Waals surface area contributed by atoms with E-state index in [9.17, 15) is 14.9 Å². The molecular formula is C25H17Cl2IN2O6. The van der Waals surface area contributed by atoms with E-state index >= 15 is 0 Å². The van der Waals surface area contributed by atoms with Gasteiger partial charge in [-0.25, -0.2) is 9.79 Å². The van der Waals surface area contributed by atoms with Gasteiger partial charge in [-0.3, -0.25) is 10.1 Å². The largest absolute Gasteiger partial charge is 0.490 e. The number of hydrogen-bond acceptors (Lipinski definition) is 7. The highest BCUT2D eigenvalue weighted by Gasteiger charge is 2.27. The monoisotopic (exact) mass is 638 g/mol. The minimum absolute atomic E-state index is 0.0145. The Morgan fingerprint density at radius 2 is 1.86 bits per heavy atom. The molecule has 1 heterocycles. The zero-order chi connectivity index (χ0) is 25.8. The second-order valence-corrected chi connectivity index (χ2v) is 9.44. The average Bonchev–Trinajstić information content (AvgIpc) is 3.19. The molecule has 11 heteroatoms. The van der Waals surface area contributed by atoms with Gasteiger partial charge < -0.3 is 14.2 Å². The van der Waals surface area contributed by atoms with Crippen LogP contribution in [0.3, 0.4) is 0 Å². The van der Waals surface area contributed by atoms with Gasteiger partial charge in [0.25, 0.3) is 5.69 Å². The molecule has 0 saturated carbocycles. The molecule has 0 radical (unpaired) electrons. The summed E-state index contributed by atoms with van der Waals surface area (Å²) in [6, 6.07) is 14.7. The molecule has 0 N–H and O–H groups in total. The van der Waals surface area contributed by atoms with Crippen molar-refractivity contribution in [3.05, 3.63) is 101 Å². The zero-order valence-corrected chi connectivity index (χ0v) is 22.3. The molecule has 0 saturated heterocycles. The molecule has 0 unspecified atom stereocenters. The van der Waals surface area contributed by atoms with Crippen molar-refractivity contribution >= 4 is 69.4 Å². The number of halogens is 3. The standard InChI is InChI=1S/C25H17Cl2IN2O6/c1-2-34-22-11-15(9-20(28)23(22)35-13-14-3-5-16(26)6-4-14)10-21-25(31)36-24(29-21)18-12-17(30(32)33)7-8-19(18)27/h3-12H,2,13H2,1H3/b21-10-. The molecule has 0 aliphatic carbocycles. The smallest absolute Gasteiger partial charge is 0.363 e. The van der Waals surface area contributed by atoms with Crippen molar-refractivity contribution in [3.63, 3.8) is 0 Å². The number of nitrogens with zero attached hydrogens (tertiary/aromatic N) is 2. The number of nitro benzene ring substituents is 1. The Morgan fingerprint density at radius 1 is 1.11 bits per heavy atom. The normalized spacial score (nSPS) is 13.9. The third kappa shape index (κ3) is 5.97. The lowest BCUT2D eigenvalue weighted by molar-refractivity contribution is -0.384. The fraction of sp³-hybridized carbons (Fsp3) is 0.120. The number of hydrogen-bond donors (Lipinski definition) is 0. The number of benzene rings is 3. The summed E-state index contributed by atoms with van der Waals surface area (Å²) in [4.78, 5) is 27.3. The molecule has 0 spiro atoms. The molecule has 0 atom stereocenters. The molecule has 0 bridgehead atoms. The summed E-state index contributed by atoms with van der Waals surface area (Å²) in [6.45, 7) is 2.58. The van der Waals surface area contributed by atoms with E-state index in [1.807, 2.05) is 25.1 Å². The van der Waals surface area contributed by atoms with Gasteiger partial charge in [-0.05, 0) is 77.0 Å². The summed E-state index contributed by atoms with van der Waals surface area (Å²) in [5.74, 6) is 0.254. The van der Waals surface area contributed by atoms with Crippen molar-refractivity contribution < 1.29 is 23.9 Å². The fourth-order valence-electron chi connectivity index (χ4n) is 3.28. The number of carbonyl (C=O) groups excluding carboxylic acids is 1. The van der Waals surface area contributed by atoms with E-state index in [2.05, 4.69) is 27.6 Å². The third-order valence-electron chi connectivity index (χ3n) is 4.94. The Hall–Kier alpha value is -3.15. The van der Waals surface area contributed by atoms with Gasteiger partial charge in [0, 0.05) is 17.2 Å². The van der Waals surface area contributed by atoms with Crippen molar-refractivity contribution in [2.24, 2.45) is 4.99 Å². The average molecular weight is 639 g/mol. The van der Waals surface area contributed by atoms with Gasteiger partial charge in [0.15, 0.2) is 17.2 Å². The number of esters is 1. The van der Waals surface area contributed by atoms with Gasteiger partial charge in [-0.15, -0.1) is 0 Å². The molecule has 3 aromatic carbocycles. The number of aliphatic imine (C=N–C) groups is 1. The number of cyclic esters (lactones) is 1. The summed E-state index contributed by atoms with van der Waals surface area (Å²) in [7, 11) is 0. The van der Waals surface area contributed by atoms with Gasteiger partial charge >= 0.3 is 5.97 Å². The fourth-order valence-corrected chi connectivity index (χ4v) is 4.39. The van der Waals surface area contributed by atoms with Gasteiger partial charge in [-0.2, -0.15) is 0 Å². The van der Waals surface area contributed by atoms with Crippen LogP contribution >= 0.6 is 45.8 Å². The lowest BCUT2D eigenvalue weighted by Crippen LogP contribution is -2.06. The number of rotatable bonds is 8. The van der Waals surface area contributed by atoms with E-state index in [1.165, 1.54) is 24.3 Å². The molecule has 0 amide bonds. The number of carbonyl (C=O) groups is 1. The zero-order valence-electron chi connectivity index (χ0n) is 18.7. The lowest BCUT2D eigenvalue weighted by atomic mass is 10.1. The first kappa shape index (κ1) is 25.9. The number of ether oxygens (including phenoxy) is 3. The highest BCUT2D eigenvalue weighted by molar-refractivity contribution is 14.1. The topological polar surface area (TPSA) is 100 Å². The van der Waals surface area contributed by atoms with E-state index in [1.54, 1.807) is 18.2 Å². The molecule has 1 aliphatic heterocycles. The van der Waals surface area contributed by atoms with Crippen molar-refractivity contribution in [2.75, 3.05) is 6.61 Å². The predicted octanol–water partition coefficient (Wildman–Crippen LogP) is 6.83. The first-order valence-electron chi connectivity index (χ1n) is 10.6. The number of non-ortho nitro benzene ring substituents is 1. The van der Waals surface area contributed by atoms with Crippen molar-refractivity contribution in [3.8, 4) is 11.5 Å². The molecule has 4 rings (SSSR count). The van der Waals surface area contributed by atoms with E-state index in [0.717, 1.165) is 9.13 Å². The minimum Gasteiger partial charge on any atom is -0.490 e. The second-order valence-electron chi connectivity index (χ2n) is 7.44. The third-order valence-corrected chi connectivity index (χ3v) is 6.33. The number of nitro groups is 1. The van der Waals surface area contributed by atoms with Gasteiger partial charge in [0.1, 0.15) is 6.61 Å². The van der Waals surface area contributed by atoms with Crippen molar-refractivity contribution in [1.82, 2.24) is 0 Å². The van der Waals surface area contributed by atoms with Gasteiger partial charge in [0.05, 0.1) is 25.7 Å².